The van der Waals surface area contributed by atoms with Gasteiger partial charge in [0.15, 0.2) is 0 Å². The lowest BCUT2D eigenvalue weighted by Gasteiger charge is -2.37. The number of piperidine rings is 1. The number of carbonyl (C=O) groups excluding carboxylic acids is 1. The van der Waals surface area contributed by atoms with E-state index < -0.39 is 28.7 Å². The van der Waals surface area contributed by atoms with E-state index in [1.807, 2.05) is 30.3 Å². The molecule has 0 aliphatic carbocycles. The third kappa shape index (κ3) is 3.61. The van der Waals surface area contributed by atoms with Crippen molar-refractivity contribution in [2.24, 2.45) is 0 Å². The maximum atomic E-state index is 13.8. The number of carbonyl (C=O) groups is 1. The van der Waals surface area contributed by atoms with Gasteiger partial charge >= 0.3 is 0 Å². The van der Waals surface area contributed by atoms with Crippen molar-refractivity contribution in [2.45, 2.75) is 24.4 Å². The zero-order valence-corrected chi connectivity index (χ0v) is 14.3. The van der Waals surface area contributed by atoms with E-state index in [4.69, 9.17) is 0 Å². The number of nitrogens with one attached hydrogen (secondary N) is 2. The average molecular weight is 360 g/mol. The van der Waals surface area contributed by atoms with Crippen LogP contribution >= 0.6 is 0 Å². The van der Waals surface area contributed by atoms with Crippen LogP contribution in [0.2, 0.25) is 0 Å². The van der Waals surface area contributed by atoms with Gasteiger partial charge in [-0.15, -0.1) is 0 Å². The molecule has 0 radical (unpaired) electrons. The quantitative estimate of drug-likeness (QED) is 0.768. The van der Waals surface area contributed by atoms with Crippen LogP contribution in [0.1, 0.15) is 30.1 Å². The highest BCUT2D eigenvalue weighted by Gasteiger charge is 2.41. The van der Waals surface area contributed by atoms with Gasteiger partial charge in [-0.3, -0.25) is 4.79 Å². The Morgan fingerprint density at radius 1 is 1.08 bits per heavy atom. The first-order valence-electron chi connectivity index (χ1n) is 8.71. The van der Waals surface area contributed by atoms with Crippen LogP contribution in [0.25, 0.3) is 0 Å². The number of aliphatic hydroxyl groups is 1. The summed E-state index contributed by atoms with van der Waals surface area (Å²) in [5.41, 5.74) is -0.225. The van der Waals surface area contributed by atoms with E-state index in [1.165, 1.54) is 6.07 Å². The van der Waals surface area contributed by atoms with Crippen molar-refractivity contribution >= 4 is 5.91 Å². The molecule has 0 aromatic heterocycles. The zero-order valence-electron chi connectivity index (χ0n) is 14.3. The summed E-state index contributed by atoms with van der Waals surface area (Å²) in [6.07, 6.45) is -0.213. The van der Waals surface area contributed by atoms with Gasteiger partial charge in [0.2, 0.25) is 5.91 Å². The molecule has 2 aromatic carbocycles. The summed E-state index contributed by atoms with van der Waals surface area (Å²) in [6, 6.07) is 12.9. The normalized spacial score (nSPS) is 17.5. The monoisotopic (exact) mass is 360 g/mol. The number of amides is 1. The lowest BCUT2D eigenvalue weighted by Crippen LogP contribution is -2.51. The predicted molar refractivity (Wildman–Crippen MR) is 94.6 cm³/mol. The van der Waals surface area contributed by atoms with Crippen molar-refractivity contribution in [2.75, 3.05) is 19.6 Å². The first kappa shape index (κ1) is 18.5. The molecular formula is C20H22F2N2O2. The number of halogens is 2. The minimum absolute atomic E-state index is 0.235. The minimum Gasteiger partial charge on any atom is -0.386 e. The molecule has 6 heteroatoms. The molecule has 1 amide bonds. The molecular weight excluding hydrogens is 338 g/mol. The van der Waals surface area contributed by atoms with Crippen LogP contribution in [0.15, 0.2) is 48.5 Å². The molecule has 0 unspecified atom stereocenters. The number of benzene rings is 2. The van der Waals surface area contributed by atoms with Crippen LogP contribution in [0, 0.1) is 11.6 Å². The lowest BCUT2D eigenvalue weighted by atomic mass is 9.72. The third-order valence-electron chi connectivity index (χ3n) is 5.01. The molecule has 26 heavy (non-hydrogen) atoms. The fraction of sp³-hybridized carbons (Fsp3) is 0.350. The Balaban J connectivity index is 1.77. The molecule has 1 fully saturated rings. The van der Waals surface area contributed by atoms with Crippen molar-refractivity contribution in [3.63, 3.8) is 0 Å². The van der Waals surface area contributed by atoms with Crippen molar-refractivity contribution in [1.82, 2.24) is 10.6 Å². The molecule has 0 spiro atoms. The van der Waals surface area contributed by atoms with E-state index in [0.717, 1.165) is 17.7 Å². The minimum atomic E-state index is -1.45. The van der Waals surface area contributed by atoms with Gasteiger partial charge in [0.05, 0.1) is 11.0 Å². The first-order chi connectivity index (χ1) is 12.5. The summed E-state index contributed by atoms with van der Waals surface area (Å²) in [6.45, 7) is 1.15. The van der Waals surface area contributed by atoms with E-state index in [2.05, 4.69) is 10.6 Å². The predicted octanol–water partition coefficient (Wildman–Crippen LogP) is 2.44. The van der Waals surface area contributed by atoms with Crippen LogP contribution in [-0.4, -0.2) is 30.6 Å². The topological polar surface area (TPSA) is 61.4 Å². The van der Waals surface area contributed by atoms with Gasteiger partial charge in [-0.1, -0.05) is 36.4 Å². The Morgan fingerprint density at radius 3 is 2.31 bits per heavy atom. The molecule has 2 aromatic rings. The second-order valence-electron chi connectivity index (χ2n) is 6.56. The Kier molecular flexibility index (Phi) is 5.64. The smallest absolute Gasteiger partial charge is 0.230 e. The molecule has 0 bridgehead atoms. The van der Waals surface area contributed by atoms with E-state index in [9.17, 15) is 18.7 Å². The van der Waals surface area contributed by atoms with Crippen LogP contribution in [-0.2, 0) is 10.2 Å². The maximum Gasteiger partial charge on any atom is 0.230 e. The summed E-state index contributed by atoms with van der Waals surface area (Å²) < 4.78 is 27.6. The van der Waals surface area contributed by atoms with Gasteiger partial charge in [0.1, 0.15) is 17.7 Å². The van der Waals surface area contributed by atoms with Gasteiger partial charge in [0, 0.05) is 6.54 Å². The lowest BCUT2D eigenvalue weighted by molar-refractivity contribution is -0.128. The Labute approximate surface area is 151 Å². The molecule has 0 saturated carbocycles. The van der Waals surface area contributed by atoms with Gasteiger partial charge < -0.3 is 15.7 Å². The van der Waals surface area contributed by atoms with Crippen LogP contribution < -0.4 is 10.6 Å². The standard InChI is InChI=1S/C20H22F2N2O2/c21-15-7-4-8-16(22)18(15)17(25)13-24-19(26)20(9-11-23-12-10-20)14-5-2-1-3-6-14/h1-8,17,23,25H,9-13H2,(H,24,26)/t17-/m1/s1. The fourth-order valence-electron chi connectivity index (χ4n) is 3.55. The molecule has 138 valence electrons. The van der Waals surface area contributed by atoms with Gasteiger partial charge in [-0.25, -0.2) is 8.78 Å². The highest BCUT2D eigenvalue weighted by Crippen LogP contribution is 2.34. The summed E-state index contributed by atoms with van der Waals surface area (Å²) in [4.78, 5) is 13.0. The molecule has 3 N–H and O–H groups in total. The molecule has 1 saturated heterocycles. The van der Waals surface area contributed by atoms with Crippen molar-refractivity contribution in [3.05, 3.63) is 71.3 Å². The Bertz CT molecular complexity index is 741. The SMILES string of the molecule is O=C(NC[C@@H](O)c1c(F)cccc1F)C1(c2ccccc2)CCNCC1. The van der Waals surface area contributed by atoms with Crippen LogP contribution in [0.3, 0.4) is 0 Å². The number of hydrogen-bond donors (Lipinski definition) is 3. The summed E-state index contributed by atoms with van der Waals surface area (Å²) in [7, 11) is 0. The van der Waals surface area contributed by atoms with E-state index in [-0.39, 0.29) is 12.5 Å². The zero-order chi connectivity index (χ0) is 18.6. The Hall–Kier alpha value is -2.31. The fourth-order valence-corrected chi connectivity index (χ4v) is 3.55. The molecule has 4 nitrogen and oxygen atoms in total. The Morgan fingerprint density at radius 2 is 1.69 bits per heavy atom. The molecule has 1 heterocycles. The van der Waals surface area contributed by atoms with Crippen molar-refractivity contribution in [3.8, 4) is 0 Å². The molecule has 1 aliphatic heterocycles. The van der Waals surface area contributed by atoms with Crippen LogP contribution in [0.5, 0.6) is 0 Å². The van der Waals surface area contributed by atoms with Gasteiger partial charge in [-0.05, 0) is 43.6 Å². The summed E-state index contributed by atoms with van der Waals surface area (Å²) in [5, 5.41) is 16.1. The highest BCUT2D eigenvalue weighted by molar-refractivity contribution is 5.88. The van der Waals surface area contributed by atoms with E-state index in [1.54, 1.807) is 0 Å². The molecule has 3 rings (SSSR count). The van der Waals surface area contributed by atoms with Crippen molar-refractivity contribution < 1.29 is 18.7 Å². The number of aliphatic hydroxyl groups excluding tert-OH is 1. The largest absolute Gasteiger partial charge is 0.386 e. The maximum absolute atomic E-state index is 13.8. The first-order valence-corrected chi connectivity index (χ1v) is 8.71. The van der Waals surface area contributed by atoms with E-state index >= 15 is 0 Å². The van der Waals surface area contributed by atoms with E-state index in [0.29, 0.717) is 25.9 Å². The second-order valence-corrected chi connectivity index (χ2v) is 6.56. The van der Waals surface area contributed by atoms with Crippen molar-refractivity contribution in [1.29, 1.82) is 0 Å². The van der Waals surface area contributed by atoms with Gasteiger partial charge in [0.25, 0.3) is 0 Å². The van der Waals surface area contributed by atoms with Gasteiger partial charge in [-0.2, -0.15) is 0 Å². The summed E-state index contributed by atoms with van der Waals surface area (Å²) in [5.74, 6) is -1.89. The molecule has 1 atom stereocenters. The highest BCUT2D eigenvalue weighted by atomic mass is 19.1. The number of hydrogen-bond acceptors (Lipinski definition) is 3. The molecule has 1 aliphatic rings. The van der Waals surface area contributed by atoms with Crippen LogP contribution in [0.4, 0.5) is 8.78 Å². The third-order valence-corrected chi connectivity index (χ3v) is 5.01. The summed E-state index contributed by atoms with van der Waals surface area (Å²) >= 11 is 0. The average Bonchev–Trinajstić information content (AvgIpc) is 2.67. The second kappa shape index (κ2) is 7.93. The number of rotatable bonds is 5.